The molecule has 0 N–H and O–H groups in total. The molecule has 4 heterocycles. The van der Waals surface area contributed by atoms with Crippen molar-refractivity contribution in [2.75, 3.05) is 6.61 Å². The number of thiophene rings is 1. The molecule has 4 aromatic rings. The number of hydrogen-bond donors (Lipinski definition) is 0. The molecule has 142 valence electrons. The lowest BCUT2D eigenvalue weighted by atomic mass is 10.2. The quantitative estimate of drug-likeness (QED) is 0.452. The second-order valence-electron chi connectivity index (χ2n) is 6.21. The van der Waals surface area contributed by atoms with Gasteiger partial charge in [-0.3, -0.25) is 0 Å². The molecule has 0 aliphatic carbocycles. The van der Waals surface area contributed by atoms with E-state index < -0.39 is 0 Å². The molecule has 0 fully saturated rings. The summed E-state index contributed by atoms with van der Waals surface area (Å²) in [6.45, 7) is 0.404. The van der Waals surface area contributed by atoms with E-state index in [4.69, 9.17) is 14.0 Å². The van der Waals surface area contributed by atoms with Gasteiger partial charge in [-0.25, -0.2) is 0 Å². The highest BCUT2D eigenvalue weighted by Gasteiger charge is 2.27. The largest absolute Gasteiger partial charge is 0.485 e. The van der Waals surface area contributed by atoms with E-state index >= 15 is 0 Å². The van der Waals surface area contributed by atoms with Gasteiger partial charge in [0.15, 0.2) is 34.3 Å². The van der Waals surface area contributed by atoms with Gasteiger partial charge < -0.3 is 18.6 Å². The molecule has 1 atom stereocenters. The number of rotatable bonds is 5. The lowest BCUT2D eigenvalue weighted by Gasteiger charge is -2.25. The Morgan fingerprint density at radius 2 is 2.07 bits per heavy atom. The Balaban J connectivity index is 1.27. The molecule has 28 heavy (non-hydrogen) atoms. The second-order valence-corrected chi connectivity index (χ2v) is 8.10. The van der Waals surface area contributed by atoms with Crippen LogP contribution in [0.15, 0.2) is 57.5 Å². The van der Waals surface area contributed by atoms with Crippen LogP contribution in [0.4, 0.5) is 0 Å². The molecular formula is C19H16N4O3S2. The molecular weight excluding hydrogens is 396 g/mol. The summed E-state index contributed by atoms with van der Waals surface area (Å²) in [5, 5.41) is 15.6. The third-order valence-corrected chi connectivity index (χ3v) is 6.28. The summed E-state index contributed by atoms with van der Waals surface area (Å²) in [5.41, 5.74) is 0.865. The lowest BCUT2D eigenvalue weighted by molar-refractivity contribution is 0.0825. The van der Waals surface area contributed by atoms with E-state index in [2.05, 4.69) is 15.4 Å². The van der Waals surface area contributed by atoms with Crippen molar-refractivity contribution in [3.05, 3.63) is 59.4 Å². The van der Waals surface area contributed by atoms with Gasteiger partial charge in [-0.05, 0) is 23.6 Å². The van der Waals surface area contributed by atoms with Gasteiger partial charge in [0.1, 0.15) is 6.61 Å². The third-order valence-electron chi connectivity index (χ3n) is 4.34. The molecule has 9 heteroatoms. The third kappa shape index (κ3) is 3.27. The monoisotopic (exact) mass is 412 g/mol. The van der Waals surface area contributed by atoms with Gasteiger partial charge in [0.25, 0.3) is 0 Å². The van der Waals surface area contributed by atoms with E-state index in [0.717, 1.165) is 38.8 Å². The number of thioether (sulfide) groups is 1. The molecule has 3 aromatic heterocycles. The number of ether oxygens (including phenoxy) is 2. The summed E-state index contributed by atoms with van der Waals surface area (Å²) in [7, 11) is 1.93. The predicted molar refractivity (Wildman–Crippen MR) is 106 cm³/mol. The minimum Gasteiger partial charge on any atom is -0.485 e. The van der Waals surface area contributed by atoms with Crippen LogP contribution >= 0.6 is 23.1 Å². The van der Waals surface area contributed by atoms with Crippen molar-refractivity contribution in [2.24, 2.45) is 7.05 Å². The Labute approximate surface area is 169 Å². The summed E-state index contributed by atoms with van der Waals surface area (Å²) in [6, 6.07) is 13.6. The minimum atomic E-state index is -0.292. The van der Waals surface area contributed by atoms with E-state index in [0.29, 0.717) is 12.4 Å². The average Bonchev–Trinajstić information content (AvgIpc) is 3.47. The maximum absolute atomic E-state index is 6.04. The first-order valence-corrected chi connectivity index (χ1v) is 10.5. The number of aromatic nitrogens is 4. The molecule has 0 amide bonds. The molecule has 0 spiro atoms. The predicted octanol–water partition coefficient (Wildman–Crippen LogP) is 4.34. The standard InChI is InChI=1S/C19H16N4O3S2/c1-23-18(16-10-24-13-5-2-3-6-14(13)25-16)20-21-19(23)28-11-12-9-15(26-22-12)17-7-4-8-27-17/h2-9,16H,10-11H2,1H3/t16-/m1/s1. The maximum atomic E-state index is 6.04. The first kappa shape index (κ1) is 17.3. The van der Waals surface area contributed by atoms with E-state index in [1.54, 1.807) is 23.1 Å². The van der Waals surface area contributed by atoms with Crippen LogP contribution in [0.1, 0.15) is 17.6 Å². The number of fused-ring (bicyclic) bond motifs is 1. The van der Waals surface area contributed by atoms with Crippen LogP contribution in [-0.2, 0) is 12.8 Å². The Kier molecular flexibility index (Phi) is 4.53. The molecule has 5 rings (SSSR count). The second kappa shape index (κ2) is 7.33. The average molecular weight is 412 g/mol. The van der Waals surface area contributed by atoms with Crippen LogP contribution in [0, 0.1) is 0 Å². The zero-order valence-corrected chi connectivity index (χ0v) is 16.6. The molecule has 0 bridgehead atoms. The maximum Gasteiger partial charge on any atom is 0.192 e. The molecule has 1 aliphatic rings. The zero-order chi connectivity index (χ0) is 18.9. The topological polar surface area (TPSA) is 75.2 Å². The highest BCUT2D eigenvalue weighted by atomic mass is 32.2. The fraction of sp³-hybridized carbons (Fsp3) is 0.211. The first-order valence-electron chi connectivity index (χ1n) is 8.68. The fourth-order valence-corrected chi connectivity index (χ4v) is 4.40. The van der Waals surface area contributed by atoms with Gasteiger partial charge in [0.05, 0.1) is 10.6 Å². The summed E-state index contributed by atoms with van der Waals surface area (Å²) < 4.78 is 19.2. The number of benzene rings is 1. The molecule has 7 nitrogen and oxygen atoms in total. The Morgan fingerprint density at radius 3 is 2.93 bits per heavy atom. The van der Waals surface area contributed by atoms with Gasteiger partial charge in [-0.15, -0.1) is 21.5 Å². The van der Waals surface area contributed by atoms with E-state index in [9.17, 15) is 0 Å². The van der Waals surface area contributed by atoms with Gasteiger partial charge in [-0.2, -0.15) is 0 Å². The normalized spacial score (nSPS) is 15.7. The summed E-state index contributed by atoms with van der Waals surface area (Å²) in [4.78, 5) is 1.07. The van der Waals surface area contributed by atoms with Crippen molar-refractivity contribution in [2.45, 2.75) is 17.0 Å². The van der Waals surface area contributed by atoms with Crippen LogP contribution in [-0.4, -0.2) is 26.5 Å². The van der Waals surface area contributed by atoms with Crippen molar-refractivity contribution < 1.29 is 14.0 Å². The van der Waals surface area contributed by atoms with Crippen molar-refractivity contribution >= 4 is 23.1 Å². The van der Waals surface area contributed by atoms with E-state index in [-0.39, 0.29) is 6.10 Å². The molecule has 0 radical (unpaired) electrons. The Morgan fingerprint density at radius 1 is 1.18 bits per heavy atom. The van der Waals surface area contributed by atoms with Crippen molar-refractivity contribution in [3.8, 4) is 22.1 Å². The first-order chi connectivity index (χ1) is 13.8. The highest BCUT2D eigenvalue weighted by molar-refractivity contribution is 7.98. The lowest BCUT2D eigenvalue weighted by Crippen LogP contribution is -2.24. The van der Waals surface area contributed by atoms with Crippen molar-refractivity contribution in [1.82, 2.24) is 19.9 Å². The van der Waals surface area contributed by atoms with E-state index in [1.807, 2.05) is 59.5 Å². The molecule has 1 aliphatic heterocycles. The number of nitrogens with zero attached hydrogens (tertiary/aromatic N) is 4. The summed E-state index contributed by atoms with van der Waals surface area (Å²) >= 11 is 3.18. The van der Waals surface area contributed by atoms with Gasteiger partial charge in [0.2, 0.25) is 0 Å². The van der Waals surface area contributed by atoms with Gasteiger partial charge >= 0.3 is 0 Å². The summed E-state index contributed by atoms with van der Waals surface area (Å²) in [5.74, 6) is 3.64. The van der Waals surface area contributed by atoms with Crippen LogP contribution in [0.3, 0.4) is 0 Å². The Bertz CT molecular complexity index is 1090. The van der Waals surface area contributed by atoms with Crippen molar-refractivity contribution in [1.29, 1.82) is 0 Å². The molecule has 0 unspecified atom stereocenters. The molecule has 0 saturated carbocycles. The summed E-state index contributed by atoms with van der Waals surface area (Å²) in [6.07, 6.45) is -0.292. The number of para-hydroxylation sites is 2. The smallest absolute Gasteiger partial charge is 0.192 e. The van der Waals surface area contributed by atoms with Crippen molar-refractivity contribution in [3.63, 3.8) is 0 Å². The van der Waals surface area contributed by atoms with Crippen LogP contribution in [0.25, 0.3) is 10.6 Å². The number of hydrogen-bond acceptors (Lipinski definition) is 8. The molecule has 0 saturated heterocycles. The minimum absolute atomic E-state index is 0.292. The highest BCUT2D eigenvalue weighted by Crippen LogP contribution is 2.36. The fourth-order valence-electron chi connectivity index (χ4n) is 2.93. The van der Waals surface area contributed by atoms with Crippen LogP contribution in [0.2, 0.25) is 0 Å². The zero-order valence-electron chi connectivity index (χ0n) is 14.9. The Hall–Kier alpha value is -2.78. The molecule has 1 aromatic carbocycles. The SMILES string of the molecule is Cn1c(SCc2cc(-c3cccs3)on2)nnc1[C@H]1COc2ccccc2O1. The van der Waals surface area contributed by atoms with Gasteiger partial charge in [0, 0.05) is 18.9 Å². The van der Waals surface area contributed by atoms with Crippen LogP contribution in [0.5, 0.6) is 11.5 Å². The van der Waals surface area contributed by atoms with Gasteiger partial charge in [-0.1, -0.05) is 35.1 Å². The van der Waals surface area contributed by atoms with Crippen LogP contribution < -0.4 is 9.47 Å². The van der Waals surface area contributed by atoms with E-state index in [1.165, 1.54) is 0 Å².